The van der Waals surface area contributed by atoms with E-state index in [0.29, 0.717) is 18.8 Å². The van der Waals surface area contributed by atoms with Crippen LogP contribution in [-0.2, 0) is 22.3 Å². The normalized spacial score (nSPS) is 17.1. The summed E-state index contributed by atoms with van der Waals surface area (Å²) in [6.07, 6.45) is 3.24. The molecule has 0 aliphatic carbocycles. The van der Waals surface area contributed by atoms with Gasteiger partial charge in [0, 0.05) is 31.5 Å². The second-order valence-corrected chi connectivity index (χ2v) is 10.1. The van der Waals surface area contributed by atoms with Crippen molar-refractivity contribution in [3.63, 3.8) is 0 Å². The fourth-order valence-electron chi connectivity index (χ4n) is 3.37. The first-order valence-electron chi connectivity index (χ1n) is 9.13. The number of piperidine rings is 1. The molecule has 0 aromatic carbocycles. The van der Waals surface area contributed by atoms with E-state index < -0.39 is 31.5 Å². The monoisotopic (exact) mass is 413 g/mol. The maximum Gasteiger partial charge on any atom is 0.354 e. The highest BCUT2D eigenvalue weighted by molar-refractivity contribution is 7.92. The van der Waals surface area contributed by atoms with Gasteiger partial charge in [0.25, 0.3) is 9.84 Å². The van der Waals surface area contributed by atoms with Gasteiger partial charge in [-0.2, -0.15) is 24.1 Å². The molecule has 0 atom stereocenters. The standard InChI is InChI=1S/C18H25F2N5O2S/c1-17(2,3)15-11-16(24(4)23-15)28(26,27)18(19,20)13-6-9-25(10-7-13)14-5-8-21-22-12-14/h5,8,11-13H,6-7,9-10H2,1-4H3. The average Bonchev–Trinajstić information content (AvgIpc) is 3.05. The molecule has 2 aromatic rings. The van der Waals surface area contributed by atoms with Crippen LogP contribution in [-0.4, -0.2) is 46.7 Å². The molecule has 28 heavy (non-hydrogen) atoms. The van der Waals surface area contributed by atoms with E-state index in [1.165, 1.54) is 19.3 Å². The number of nitrogens with zero attached hydrogens (tertiary/aromatic N) is 5. The van der Waals surface area contributed by atoms with Crippen LogP contribution < -0.4 is 4.90 Å². The van der Waals surface area contributed by atoms with Crippen molar-refractivity contribution in [2.75, 3.05) is 18.0 Å². The highest BCUT2D eigenvalue weighted by Crippen LogP contribution is 2.42. The Hall–Kier alpha value is -2.10. The van der Waals surface area contributed by atoms with Crippen LogP contribution in [0.15, 0.2) is 29.6 Å². The Morgan fingerprint density at radius 3 is 2.29 bits per heavy atom. The Balaban J connectivity index is 1.82. The van der Waals surface area contributed by atoms with Crippen LogP contribution in [0.3, 0.4) is 0 Å². The van der Waals surface area contributed by atoms with Gasteiger partial charge in [0.1, 0.15) is 0 Å². The summed E-state index contributed by atoms with van der Waals surface area (Å²) in [6.45, 7) is 6.23. The molecular formula is C18H25F2N5O2S. The molecule has 0 saturated carbocycles. The predicted molar refractivity (Wildman–Crippen MR) is 101 cm³/mol. The summed E-state index contributed by atoms with van der Waals surface area (Å²) in [5.41, 5.74) is 0.815. The van der Waals surface area contributed by atoms with Crippen molar-refractivity contribution in [1.82, 2.24) is 20.0 Å². The molecule has 1 fully saturated rings. The molecular weight excluding hydrogens is 388 g/mol. The van der Waals surface area contributed by atoms with Gasteiger partial charge in [-0.15, -0.1) is 0 Å². The third-order valence-corrected chi connectivity index (χ3v) is 7.13. The highest BCUT2D eigenvalue weighted by atomic mass is 32.2. The van der Waals surface area contributed by atoms with Crippen LogP contribution >= 0.6 is 0 Å². The van der Waals surface area contributed by atoms with E-state index in [9.17, 15) is 8.42 Å². The second kappa shape index (κ2) is 7.06. The third kappa shape index (κ3) is 3.61. The van der Waals surface area contributed by atoms with Gasteiger partial charge in [-0.05, 0) is 25.0 Å². The lowest BCUT2D eigenvalue weighted by Gasteiger charge is -2.36. The Labute approximate surface area is 163 Å². The zero-order valence-corrected chi connectivity index (χ0v) is 17.2. The largest absolute Gasteiger partial charge is 0.370 e. The van der Waals surface area contributed by atoms with Gasteiger partial charge in [-0.3, -0.25) is 4.68 Å². The minimum Gasteiger partial charge on any atom is -0.370 e. The van der Waals surface area contributed by atoms with Crippen LogP contribution in [0.5, 0.6) is 0 Å². The van der Waals surface area contributed by atoms with Crippen LogP contribution in [0, 0.1) is 5.92 Å². The van der Waals surface area contributed by atoms with Gasteiger partial charge in [-0.1, -0.05) is 20.8 Å². The van der Waals surface area contributed by atoms with Gasteiger partial charge in [0.05, 0.1) is 23.8 Å². The topological polar surface area (TPSA) is 81.0 Å². The lowest BCUT2D eigenvalue weighted by atomic mass is 9.93. The third-order valence-electron chi connectivity index (χ3n) is 5.14. The molecule has 10 heteroatoms. The smallest absolute Gasteiger partial charge is 0.354 e. The molecule has 0 bridgehead atoms. The number of aryl methyl sites for hydroxylation is 1. The van der Waals surface area contributed by atoms with E-state index in [-0.39, 0.29) is 12.8 Å². The van der Waals surface area contributed by atoms with E-state index >= 15 is 8.78 Å². The molecule has 0 unspecified atom stereocenters. The molecule has 1 aliphatic rings. The summed E-state index contributed by atoms with van der Waals surface area (Å²) in [5.74, 6) is -1.25. The number of aromatic nitrogens is 4. The molecule has 3 rings (SSSR count). The molecule has 1 aliphatic heterocycles. The highest BCUT2D eigenvalue weighted by Gasteiger charge is 2.54. The molecule has 0 radical (unpaired) electrons. The lowest BCUT2D eigenvalue weighted by molar-refractivity contribution is 0.0144. The van der Waals surface area contributed by atoms with Crippen LogP contribution in [0.4, 0.5) is 14.5 Å². The van der Waals surface area contributed by atoms with Crippen molar-refractivity contribution < 1.29 is 17.2 Å². The SMILES string of the molecule is Cn1nc(C(C)(C)C)cc1S(=O)(=O)C(F)(F)C1CCN(c2ccnnc2)CC1. The first-order valence-corrected chi connectivity index (χ1v) is 10.6. The van der Waals surface area contributed by atoms with Gasteiger partial charge < -0.3 is 4.90 Å². The Kier molecular flexibility index (Phi) is 5.20. The number of anilines is 1. The number of halogens is 2. The molecule has 0 spiro atoms. The van der Waals surface area contributed by atoms with Crippen molar-refractivity contribution >= 4 is 15.5 Å². The summed E-state index contributed by atoms with van der Waals surface area (Å²) in [4.78, 5) is 1.91. The number of hydrogen-bond donors (Lipinski definition) is 0. The van der Waals surface area contributed by atoms with Crippen molar-refractivity contribution in [3.8, 4) is 0 Å². The van der Waals surface area contributed by atoms with Crippen molar-refractivity contribution in [2.45, 2.75) is 49.3 Å². The minimum atomic E-state index is -4.86. The zero-order valence-electron chi connectivity index (χ0n) is 16.4. The van der Waals surface area contributed by atoms with Crippen molar-refractivity contribution in [1.29, 1.82) is 0 Å². The molecule has 0 amide bonds. The van der Waals surface area contributed by atoms with E-state index in [1.54, 1.807) is 12.3 Å². The van der Waals surface area contributed by atoms with Crippen LogP contribution in [0.25, 0.3) is 0 Å². The van der Waals surface area contributed by atoms with E-state index in [1.807, 2.05) is 25.7 Å². The van der Waals surface area contributed by atoms with Crippen molar-refractivity contribution in [2.24, 2.45) is 13.0 Å². The fourth-order valence-corrected chi connectivity index (χ4v) is 4.98. The number of sulfone groups is 1. The second-order valence-electron chi connectivity index (χ2n) is 8.17. The molecule has 0 N–H and O–H groups in total. The molecule has 154 valence electrons. The number of alkyl halides is 2. The maximum atomic E-state index is 15.1. The van der Waals surface area contributed by atoms with Gasteiger partial charge >= 0.3 is 5.25 Å². The predicted octanol–water partition coefficient (Wildman–Crippen LogP) is 2.79. The Morgan fingerprint density at radius 2 is 1.79 bits per heavy atom. The Morgan fingerprint density at radius 1 is 1.14 bits per heavy atom. The fraction of sp³-hybridized carbons (Fsp3) is 0.611. The van der Waals surface area contributed by atoms with Gasteiger partial charge in [0.15, 0.2) is 5.03 Å². The number of hydrogen-bond acceptors (Lipinski definition) is 6. The zero-order chi connectivity index (χ0) is 20.7. The number of rotatable bonds is 4. The molecule has 7 nitrogen and oxygen atoms in total. The lowest BCUT2D eigenvalue weighted by Crippen LogP contribution is -2.45. The summed E-state index contributed by atoms with van der Waals surface area (Å²) >= 11 is 0. The summed E-state index contributed by atoms with van der Waals surface area (Å²) in [5, 5.41) is 7.33. The van der Waals surface area contributed by atoms with Gasteiger partial charge in [0.2, 0.25) is 0 Å². The summed E-state index contributed by atoms with van der Waals surface area (Å²) in [7, 11) is -3.48. The summed E-state index contributed by atoms with van der Waals surface area (Å²) < 4.78 is 56.9. The van der Waals surface area contributed by atoms with E-state index in [4.69, 9.17) is 0 Å². The maximum absolute atomic E-state index is 15.1. The van der Waals surface area contributed by atoms with Crippen LogP contribution in [0.2, 0.25) is 0 Å². The first kappa shape index (κ1) is 20.6. The minimum absolute atomic E-state index is 0.0680. The van der Waals surface area contributed by atoms with Gasteiger partial charge in [-0.25, -0.2) is 8.42 Å². The van der Waals surface area contributed by atoms with E-state index in [0.717, 1.165) is 10.4 Å². The molecule has 1 saturated heterocycles. The van der Waals surface area contributed by atoms with Crippen molar-refractivity contribution in [3.05, 3.63) is 30.2 Å². The van der Waals surface area contributed by atoms with Crippen LogP contribution in [0.1, 0.15) is 39.3 Å². The van der Waals surface area contributed by atoms with E-state index in [2.05, 4.69) is 15.3 Å². The quantitative estimate of drug-likeness (QED) is 0.767. The molecule has 2 aromatic heterocycles. The average molecular weight is 413 g/mol. The first-order chi connectivity index (χ1) is 12.9. The molecule has 3 heterocycles. The summed E-state index contributed by atoms with van der Waals surface area (Å²) in [6, 6.07) is 3.02. The Bertz CT molecular complexity index is 931.